The van der Waals surface area contributed by atoms with Crippen LogP contribution in [-0.2, 0) is 6.42 Å². The van der Waals surface area contributed by atoms with Crippen molar-refractivity contribution in [3.8, 4) is 11.3 Å². The lowest BCUT2D eigenvalue weighted by molar-refractivity contribution is 0.0949. The second kappa shape index (κ2) is 7.06. The largest absolute Gasteiger partial charge is 0.361 e. The van der Waals surface area contributed by atoms with Crippen molar-refractivity contribution in [2.24, 2.45) is 0 Å². The molecule has 0 unspecified atom stereocenters. The molecule has 5 nitrogen and oxygen atoms in total. The highest BCUT2D eigenvalue weighted by atomic mass is 35.5. The minimum Gasteiger partial charge on any atom is -0.361 e. The molecule has 0 spiro atoms. The van der Waals surface area contributed by atoms with E-state index < -0.39 is 0 Å². The maximum Gasteiger partial charge on any atom is 0.269 e. The molecule has 4 rings (SSSR count). The summed E-state index contributed by atoms with van der Waals surface area (Å²) in [4.78, 5) is 15.6. The minimum absolute atomic E-state index is 0.175. The number of nitrogens with one attached hydrogen (secondary N) is 3. The van der Waals surface area contributed by atoms with E-state index in [9.17, 15) is 4.79 Å². The molecule has 0 radical (unpaired) electrons. The van der Waals surface area contributed by atoms with Crippen LogP contribution in [0.15, 0.2) is 60.8 Å². The Kier molecular flexibility index (Phi) is 4.46. The number of amides is 1. The lowest BCUT2D eigenvalue weighted by atomic mass is 10.1. The van der Waals surface area contributed by atoms with Crippen LogP contribution < -0.4 is 5.32 Å². The zero-order valence-corrected chi connectivity index (χ0v) is 14.7. The fourth-order valence-corrected chi connectivity index (χ4v) is 3.17. The summed E-state index contributed by atoms with van der Waals surface area (Å²) in [5, 5.41) is 11.7. The van der Waals surface area contributed by atoms with E-state index in [0.717, 1.165) is 17.5 Å². The molecule has 0 fully saturated rings. The number of aromatic nitrogens is 3. The van der Waals surface area contributed by atoms with E-state index in [-0.39, 0.29) is 5.91 Å². The predicted molar refractivity (Wildman–Crippen MR) is 103 cm³/mol. The molecule has 0 atom stereocenters. The molecule has 0 saturated carbocycles. The molecule has 3 N–H and O–H groups in total. The Morgan fingerprint density at radius 2 is 2.00 bits per heavy atom. The molecular formula is C20H17ClN4O. The lowest BCUT2D eigenvalue weighted by Crippen LogP contribution is -2.25. The number of para-hydroxylation sites is 1. The van der Waals surface area contributed by atoms with Gasteiger partial charge in [0.15, 0.2) is 0 Å². The van der Waals surface area contributed by atoms with E-state index in [2.05, 4.69) is 26.6 Å². The second-order valence-electron chi connectivity index (χ2n) is 6.04. The van der Waals surface area contributed by atoms with Crippen molar-refractivity contribution in [3.63, 3.8) is 0 Å². The molecule has 0 saturated heterocycles. The number of carbonyl (C=O) groups is 1. The number of aromatic amines is 2. The first kappa shape index (κ1) is 16.4. The first-order valence-electron chi connectivity index (χ1n) is 8.35. The Balaban J connectivity index is 1.39. The van der Waals surface area contributed by atoms with Crippen molar-refractivity contribution in [1.82, 2.24) is 20.5 Å². The van der Waals surface area contributed by atoms with E-state index in [1.54, 1.807) is 12.1 Å². The number of halogens is 1. The van der Waals surface area contributed by atoms with Gasteiger partial charge in [-0.3, -0.25) is 9.89 Å². The zero-order valence-electron chi connectivity index (χ0n) is 13.9. The SMILES string of the molecule is O=C(NCCc1c[nH]c2ccccc12)c1cc(-c2cccc(Cl)c2)n[nH]1. The number of rotatable bonds is 5. The molecule has 6 heteroatoms. The first-order valence-corrected chi connectivity index (χ1v) is 8.73. The predicted octanol–water partition coefficient (Wildman–Crippen LogP) is 4.18. The highest BCUT2D eigenvalue weighted by Crippen LogP contribution is 2.21. The second-order valence-corrected chi connectivity index (χ2v) is 6.48. The molecule has 0 aliphatic carbocycles. The monoisotopic (exact) mass is 364 g/mol. The topological polar surface area (TPSA) is 73.6 Å². The van der Waals surface area contributed by atoms with Crippen molar-refractivity contribution >= 4 is 28.4 Å². The highest BCUT2D eigenvalue weighted by Gasteiger charge is 2.11. The van der Waals surface area contributed by atoms with Crippen LogP contribution in [-0.4, -0.2) is 27.6 Å². The average Bonchev–Trinajstić information content (AvgIpc) is 3.29. The van der Waals surface area contributed by atoms with Crippen molar-refractivity contribution in [1.29, 1.82) is 0 Å². The van der Waals surface area contributed by atoms with Crippen molar-refractivity contribution in [2.75, 3.05) is 6.54 Å². The number of hydrogen-bond acceptors (Lipinski definition) is 2. The lowest BCUT2D eigenvalue weighted by Gasteiger charge is -2.03. The van der Waals surface area contributed by atoms with Gasteiger partial charge < -0.3 is 10.3 Å². The smallest absolute Gasteiger partial charge is 0.269 e. The molecule has 2 heterocycles. The molecule has 0 bridgehead atoms. The normalized spacial score (nSPS) is 11.0. The minimum atomic E-state index is -0.175. The third kappa shape index (κ3) is 3.34. The fourth-order valence-electron chi connectivity index (χ4n) is 2.98. The third-order valence-electron chi connectivity index (χ3n) is 4.30. The van der Waals surface area contributed by atoms with E-state index in [4.69, 9.17) is 11.6 Å². The number of benzene rings is 2. The van der Waals surface area contributed by atoms with Gasteiger partial charge in [-0.1, -0.05) is 41.9 Å². The Bertz CT molecular complexity index is 1070. The Labute approximate surface area is 155 Å². The Hall–Kier alpha value is -3.05. The first-order chi connectivity index (χ1) is 12.7. The molecule has 130 valence electrons. The third-order valence-corrected chi connectivity index (χ3v) is 4.53. The van der Waals surface area contributed by atoms with Crippen molar-refractivity contribution < 1.29 is 4.79 Å². The van der Waals surface area contributed by atoms with Crippen LogP contribution in [0.25, 0.3) is 22.2 Å². The number of fused-ring (bicyclic) bond motifs is 1. The standard InChI is InChI=1S/C20H17ClN4O/c21-15-5-3-4-13(10-15)18-11-19(25-24-18)20(26)22-9-8-14-12-23-17-7-2-1-6-16(14)17/h1-7,10-12,23H,8-9H2,(H,22,26)(H,24,25). The number of nitrogens with zero attached hydrogens (tertiary/aromatic N) is 1. The number of H-pyrrole nitrogens is 2. The zero-order chi connectivity index (χ0) is 17.9. The molecule has 0 aliphatic heterocycles. The summed E-state index contributed by atoms with van der Waals surface area (Å²) in [6.07, 6.45) is 2.75. The van der Waals surface area contributed by atoms with Crippen LogP contribution in [0, 0.1) is 0 Å². The Morgan fingerprint density at radius 1 is 1.12 bits per heavy atom. The fraction of sp³-hybridized carbons (Fsp3) is 0.100. The Morgan fingerprint density at radius 3 is 2.88 bits per heavy atom. The summed E-state index contributed by atoms with van der Waals surface area (Å²) in [5.74, 6) is -0.175. The van der Waals surface area contributed by atoms with Gasteiger partial charge in [-0.05, 0) is 36.2 Å². The highest BCUT2D eigenvalue weighted by molar-refractivity contribution is 6.30. The van der Waals surface area contributed by atoms with Gasteiger partial charge in [0, 0.05) is 34.2 Å². The summed E-state index contributed by atoms with van der Waals surface area (Å²) >= 11 is 6.00. The summed E-state index contributed by atoms with van der Waals surface area (Å²) in [7, 11) is 0. The van der Waals surface area contributed by atoms with Gasteiger partial charge >= 0.3 is 0 Å². The van der Waals surface area contributed by atoms with Crippen LogP contribution >= 0.6 is 11.6 Å². The van der Waals surface area contributed by atoms with Gasteiger partial charge in [0.2, 0.25) is 0 Å². The van der Waals surface area contributed by atoms with Gasteiger partial charge in [-0.25, -0.2) is 0 Å². The maximum atomic E-state index is 12.3. The summed E-state index contributed by atoms with van der Waals surface area (Å²) in [6.45, 7) is 0.548. The van der Waals surface area contributed by atoms with Crippen molar-refractivity contribution in [2.45, 2.75) is 6.42 Å². The summed E-state index contributed by atoms with van der Waals surface area (Å²) < 4.78 is 0. The van der Waals surface area contributed by atoms with Crippen LogP contribution in [0.3, 0.4) is 0 Å². The molecule has 1 amide bonds. The van der Waals surface area contributed by atoms with Gasteiger partial charge in [-0.2, -0.15) is 5.10 Å². The van der Waals surface area contributed by atoms with Gasteiger partial charge in [0.05, 0.1) is 5.69 Å². The molecule has 0 aliphatic rings. The van der Waals surface area contributed by atoms with Crippen LogP contribution in [0.5, 0.6) is 0 Å². The van der Waals surface area contributed by atoms with Crippen LogP contribution in [0.1, 0.15) is 16.1 Å². The molecule has 4 aromatic rings. The van der Waals surface area contributed by atoms with Gasteiger partial charge in [-0.15, -0.1) is 0 Å². The molecule has 2 aromatic heterocycles. The van der Waals surface area contributed by atoms with E-state index >= 15 is 0 Å². The quantitative estimate of drug-likeness (QED) is 0.497. The van der Waals surface area contributed by atoms with E-state index in [1.165, 1.54) is 10.9 Å². The molecular weight excluding hydrogens is 348 g/mol. The average molecular weight is 365 g/mol. The van der Waals surface area contributed by atoms with Crippen molar-refractivity contribution in [3.05, 3.63) is 77.1 Å². The van der Waals surface area contributed by atoms with Gasteiger partial charge in [0.25, 0.3) is 5.91 Å². The number of hydrogen-bond donors (Lipinski definition) is 3. The summed E-state index contributed by atoms with van der Waals surface area (Å²) in [5.41, 5.74) is 4.28. The summed E-state index contributed by atoms with van der Waals surface area (Å²) in [6, 6.07) is 17.2. The number of carbonyl (C=O) groups excluding carboxylic acids is 1. The van der Waals surface area contributed by atoms with Crippen LogP contribution in [0.4, 0.5) is 0 Å². The maximum absolute atomic E-state index is 12.3. The van der Waals surface area contributed by atoms with E-state index in [1.807, 2.05) is 42.6 Å². The van der Waals surface area contributed by atoms with Gasteiger partial charge in [0.1, 0.15) is 5.69 Å². The van der Waals surface area contributed by atoms with Crippen LogP contribution in [0.2, 0.25) is 5.02 Å². The molecule has 26 heavy (non-hydrogen) atoms. The van der Waals surface area contributed by atoms with E-state index in [0.29, 0.717) is 23.0 Å². The molecule has 2 aromatic carbocycles.